The van der Waals surface area contributed by atoms with Crippen LogP contribution in [0.15, 0.2) is 60.7 Å². The molecule has 2 atom stereocenters. The van der Waals surface area contributed by atoms with Gasteiger partial charge in [0.05, 0.1) is 11.1 Å². The monoisotopic (exact) mass is 418 g/mol. The summed E-state index contributed by atoms with van der Waals surface area (Å²) in [5.74, 6) is -0.702. The number of hydrogen-bond acceptors (Lipinski definition) is 2. The lowest BCUT2D eigenvalue weighted by Gasteiger charge is -2.26. The molecule has 5 rings (SSSR count). The van der Waals surface area contributed by atoms with E-state index in [2.05, 4.69) is 16.9 Å². The lowest BCUT2D eigenvalue weighted by Crippen LogP contribution is -2.24. The largest absolute Gasteiger partial charge is 0.461 e. The van der Waals surface area contributed by atoms with Gasteiger partial charge in [0.2, 0.25) is 0 Å². The lowest BCUT2D eigenvalue weighted by molar-refractivity contribution is 0.119. The van der Waals surface area contributed by atoms with E-state index in [9.17, 15) is 4.39 Å². The summed E-state index contributed by atoms with van der Waals surface area (Å²) in [6, 6.07) is 18.6. The molecule has 1 N–H and O–H groups in total. The summed E-state index contributed by atoms with van der Waals surface area (Å²) in [5.41, 5.74) is 2.85. The van der Waals surface area contributed by atoms with Crippen molar-refractivity contribution < 1.29 is 13.5 Å². The van der Waals surface area contributed by atoms with Crippen LogP contribution in [0.1, 0.15) is 32.6 Å². The number of nitrogens with zero attached hydrogens (tertiary/aromatic N) is 1. The fourth-order valence-corrected chi connectivity index (χ4v) is 4.48. The fourth-order valence-electron chi connectivity index (χ4n) is 4.48. The molecule has 0 saturated heterocycles. The van der Waals surface area contributed by atoms with Gasteiger partial charge >= 0.3 is 0 Å². The standard InChI is InChI=1S/C26H24F2N2O/c1-16-6-5-9-20(14-16)31-26-29-22-15-21(27)23(24(28)25(22)30-26)19-12-10-18(11-13-19)17-7-3-2-4-8-17/h2-4,7-8,10-13,15-16,20H,5-6,9,14H2,1H3,(H,29,30). The van der Waals surface area contributed by atoms with Crippen molar-refractivity contribution in [2.45, 2.75) is 38.7 Å². The number of halogens is 2. The molecular formula is C26H24F2N2O. The molecule has 1 fully saturated rings. The predicted molar refractivity (Wildman–Crippen MR) is 119 cm³/mol. The summed E-state index contributed by atoms with van der Waals surface area (Å²) >= 11 is 0. The van der Waals surface area contributed by atoms with Crippen molar-refractivity contribution in [1.82, 2.24) is 9.97 Å². The minimum absolute atomic E-state index is 0.0576. The third kappa shape index (κ3) is 3.92. The van der Waals surface area contributed by atoms with E-state index in [1.165, 1.54) is 12.5 Å². The molecule has 1 aliphatic carbocycles. The Morgan fingerprint density at radius 1 is 0.935 bits per heavy atom. The van der Waals surface area contributed by atoms with E-state index < -0.39 is 11.6 Å². The number of hydrogen-bond donors (Lipinski definition) is 1. The summed E-state index contributed by atoms with van der Waals surface area (Å²) in [6.07, 6.45) is 4.27. The van der Waals surface area contributed by atoms with Crippen LogP contribution in [0.4, 0.5) is 8.78 Å². The Hall–Kier alpha value is -3.21. The zero-order valence-corrected chi connectivity index (χ0v) is 17.4. The third-order valence-electron chi connectivity index (χ3n) is 6.09. The summed E-state index contributed by atoms with van der Waals surface area (Å²) in [7, 11) is 0. The van der Waals surface area contributed by atoms with Gasteiger partial charge in [-0.3, -0.25) is 0 Å². The Bertz CT molecular complexity index is 1200. The SMILES string of the molecule is CC1CCCC(Oc2nc3c(F)c(-c4ccc(-c5ccccc5)cc4)c(F)cc3[nH]2)C1. The first-order valence-corrected chi connectivity index (χ1v) is 10.8. The fraction of sp³-hybridized carbons (Fsp3) is 0.269. The van der Waals surface area contributed by atoms with Crippen molar-refractivity contribution in [1.29, 1.82) is 0 Å². The Labute approximate surface area is 180 Å². The summed E-state index contributed by atoms with van der Waals surface area (Å²) < 4.78 is 36.2. The van der Waals surface area contributed by atoms with Crippen LogP contribution >= 0.6 is 0 Å². The molecule has 0 aliphatic heterocycles. The molecular weight excluding hydrogens is 394 g/mol. The maximum atomic E-state index is 15.3. The van der Waals surface area contributed by atoms with Gasteiger partial charge in [-0.2, -0.15) is 4.98 Å². The van der Waals surface area contributed by atoms with Crippen LogP contribution in [0.3, 0.4) is 0 Å². The topological polar surface area (TPSA) is 37.9 Å². The average Bonchev–Trinajstić information content (AvgIpc) is 3.17. The second-order valence-electron chi connectivity index (χ2n) is 8.44. The van der Waals surface area contributed by atoms with Crippen LogP contribution in [0.5, 0.6) is 6.01 Å². The highest BCUT2D eigenvalue weighted by Crippen LogP contribution is 2.34. The van der Waals surface area contributed by atoms with E-state index in [-0.39, 0.29) is 23.2 Å². The number of nitrogens with one attached hydrogen (secondary N) is 1. The molecule has 4 aromatic rings. The number of benzene rings is 3. The van der Waals surface area contributed by atoms with Crippen LogP contribution in [0.25, 0.3) is 33.3 Å². The summed E-state index contributed by atoms with van der Waals surface area (Å²) in [5, 5.41) is 0. The van der Waals surface area contributed by atoms with Crippen molar-refractivity contribution in [3.05, 3.63) is 72.3 Å². The van der Waals surface area contributed by atoms with Crippen molar-refractivity contribution in [3.8, 4) is 28.3 Å². The van der Waals surface area contributed by atoms with Crippen molar-refractivity contribution in [2.75, 3.05) is 0 Å². The van der Waals surface area contributed by atoms with Crippen molar-refractivity contribution in [2.24, 2.45) is 5.92 Å². The molecule has 31 heavy (non-hydrogen) atoms. The number of ether oxygens (including phenoxy) is 1. The molecule has 3 nitrogen and oxygen atoms in total. The van der Waals surface area contributed by atoms with Crippen LogP contribution in [0, 0.1) is 17.6 Å². The van der Waals surface area contributed by atoms with Gasteiger partial charge in [-0.05, 0) is 41.9 Å². The first-order valence-electron chi connectivity index (χ1n) is 10.8. The molecule has 0 amide bonds. The highest BCUT2D eigenvalue weighted by atomic mass is 19.1. The van der Waals surface area contributed by atoms with Crippen LogP contribution in [-0.2, 0) is 0 Å². The number of aromatic nitrogens is 2. The predicted octanol–water partition coefficient (Wildman–Crippen LogP) is 7.13. The second-order valence-corrected chi connectivity index (χ2v) is 8.44. The normalized spacial score (nSPS) is 18.9. The van der Waals surface area contributed by atoms with Gasteiger partial charge < -0.3 is 9.72 Å². The number of aromatic amines is 1. The number of imidazole rings is 1. The van der Waals surface area contributed by atoms with Crippen molar-refractivity contribution >= 4 is 11.0 Å². The van der Waals surface area contributed by atoms with E-state index in [0.717, 1.165) is 30.4 Å². The van der Waals surface area contributed by atoms with Gasteiger partial charge in [0.1, 0.15) is 17.4 Å². The van der Waals surface area contributed by atoms with Gasteiger partial charge in [-0.25, -0.2) is 8.78 Å². The van der Waals surface area contributed by atoms with Gasteiger partial charge in [0.25, 0.3) is 6.01 Å². The Balaban J connectivity index is 1.46. The van der Waals surface area contributed by atoms with Gasteiger partial charge in [0, 0.05) is 6.07 Å². The molecule has 1 heterocycles. The summed E-state index contributed by atoms with van der Waals surface area (Å²) in [4.78, 5) is 7.24. The number of rotatable bonds is 4. The number of fused-ring (bicyclic) bond motifs is 1. The molecule has 1 aromatic heterocycles. The molecule has 158 valence electrons. The van der Waals surface area contributed by atoms with Gasteiger partial charge in [0.15, 0.2) is 5.82 Å². The minimum Gasteiger partial charge on any atom is -0.461 e. The maximum Gasteiger partial charge on any atom is 0.294 e. The zero-order valence-electron chi connectivity index (χ0n) is 17.4. The smallest absolute Gasteiger partial charge is 0.294 e. The first-order chi connectivity index (χ1) is 15.1. The summed E-state index contributed by atoms with van der Waals surface area (Å²) in [6.45, 7) is 2.21. The molecule has 0 spiro atoms. The average molecular weight is 418 g/mol. The van der Waals surface area contributed by atoms with E-state index in [4.69, 9.17) is 4.74 Å². The molecule has 0 radical (unpaired) electrons. The molecule has 0 bridgehead atoms. The van der Waals surface area contributed by atoms with Crippen LogP contribution in [-0.4, -0.2) is 16.1 Å². The van der Waals surface area contributed by atoms with E-state index in [1.807, 2.05) is 42.5 Å². The Kier molecular flexibility index (Phi) is 5.18. The minimum atomic E-state index is -0.675. The maximum absolute atomic E-state index is 15.3. The van der Waals surface area contributed by atoms with E-state index in [1.54, 1.807) is 12.1 Å². The third-order valence-corrected chi connectivity index (χ3v) is 6.09. The quantitative estimate of drug-likeness (QED) is 0.383. The van der Waals surface area contributed by atoms with Crippen LogP contribution in [0.2, 0.25) is 0 Å². The second kappa shape index (κ2) is 8.14. The highest BCUT2D eigenvalue weighted by molar-refractivity contribution is 5.84. The van der Waals surface area contributed by atoms with Gasteiger partial charge in [-0.15, -0.1) is 0 Å². The van der Waals surface area contributed by atoms with Crippen LogP contribution < -0.4 is 4.74 Å². The molecule has 1 saturated carbocycles. The molecule has 3 aromatic carbocycles. The molecule has 1 aliphatic rings. The van der Waals surface area contributed by atoms with E-state index >= 15 is 4.39 Å². The van der Waals surface area contributed by atoms with E-state index in [0.29, 0.717) is 17.0 Å². The van der Waals surface area contributed by atoms with Gasteiger partial charge in [-0.1, -0.05) is 67.9 Å². The lowest BCUT2D eigenvalue weighted by atomic mass is 9.89. The molecule has 5 heteroatoms. The first kappa shape index (κ1) is 19.7. The molecule has 2 unspecified atom stereocenters. The van der Waals surface area contributed by atoms with Crippen molar-refractivity contribution in [3.63, 3.8) is 0 Å². The Morgan fingerprint density at radius 3 is 2.39 bits per heavy atom. The highest BCUT2D eigenvalue weighted by Gasteiger charge is 2.23. The number of H-pyrrole nitrogens is 1. The Morgan fingerprint density at radius 2 is 1.65 bits per heavy atom. The zero-order chi connectivity index (χ0) is 21.4.